The maximum Gasteiger partial charge on any atom is 0.240 e. The van der Waals surface area contributed by atoms with Gasteiger partial charge in [0, 0.05) is 26.1 Å². The van der Waals surface area contributed by atoms with E-state index < -0.39 is 30.9 Å². The van der Waals surface area contributed by atoms with Crippen molar-refractivity contribution in [3.63, 3.8) is 0 Å². The lowest BCUT2D eigenvalue weighted by Gasteiger charge is -2.17. The lowest BCUT2D eigenvalue weighted by atomic mass is 10.3. The van der Waals surface area contributed by atoms with E-state index >= 15 is 0 Å². The Balaban J connectivity index is 1.55. The second-order valence-corrected chi connectivity index (χ2v) is 11.2. The van der Waals surface area contributed by atoms with Crippen LogP contribution in [-0.2, 0) is 24.7 Å². The largest absolute Gasteiger partial charge is 0.341 e. The van der Waals surface area contributed by atoms with E-state index in [1.807, 2.05) is 0 Å². The van der Waals surface area contributed by atoms with Gasteiger partial charge >= 0.3 is 0 Å². The number of nitrogens with zero attached hydrogens (tertiary/aromatic N) is 1. The molecule has 7 nitrogen and oxygen atoms in total. The molecule has 0 aliphatic carbocycles. The Bertz CT molecular complexity index is 1140. The fraction of sp³-hybridized carbons (Fsp3) is 0.316. The van der Waals surface area contributed by atoms with Crippen LogP contribution in [0.3, 0.4) is 0 Å². The molecule has 2 aromatic carbocycles. The van der Waals surface area contributed by atoms with Crippen LogP contribution < -0.4 is 4.72 Å². The first-order chi connectivity index (χ1) is 14.1. The topological polar surface area (TPSA) is 101 Å². The summed E-state index contributed by atoms with van der Waals surface area (Å²) in [6.07, 6.45) is 0.190. The van der Waals surface area contributed by atoms with Crippen molar-refractivity contribution < 1.29 is 26.0 Å². The predicted molar refractivity (Wildman–Crippen MR) is 110 cm³/mol. The standard InChI is InChI=1S/C19H20ClFN2O5S2/c20-17-12-15(6-7-18(17)21)30(27,28)22-10-8-19(24)23-11-9-16(13-23)29(25,26)14-4-2-1-3-5-14/h1-7,12,16,22H,8-11,13H2. The highest BCUT2D eigenvalue weighted by atomic mass is 35.5. The first kappa shape index (κ1) is 22.7. The van der Waals surface area contributed by atoms with E-state index in [1.165, 1.54) is 17.0 Å². The third-order valence-corrected chi connectivity index (χ3v) is 8.78. The van der Waals surface area contributed by atoms with E-state index in [0.717, 1.165) is 18.2 Å². The molecule has 0 bridgehead atoms. The SMILES string of the molecule is O=C(CCNS(=O)(=O)c1ccc(F)c(Cl)c1)N1CCC(S(=O)(=O)c2ccccc2)C1. The van der Waals surface area contributed by atoms with Gasteiger partial charge in [-0.2, -0.15) is 0 Å². The summed E-state index contributed by atoms with van der Waals surface area (Å²) < 4.78 is 65.3. The Hall–Kier alpha value is -2.01. The number of carbonyl (C=O) groups is 1. The molecular weight excluding hydrogens is 455 g/mol. The van der Waals surface area contributed by atoms with Crippen molar-refractivity contribution >= 4 is 37.4 Å². The molecule has 1 amide bonds. The normalized spacial score (nSPS) is 17.3. The number of benzene rings is 2. The fourth-order valence-electron chi connectivity index (χ4n) is 3.19. The summed E-state index contributed by atoms with van der Waals surface area (Å²) in [6, 6.07) is 11.1. The van der Waals surface area contributed by atoms with E-state index in [1.54, 1.807) is 18.2 Å². The maximum absolute atomic E-state index is 13.2. The molecule has 1 aliphatic rings. The molecule has 1 saturated heterocycles. The summed E-state index contributed by atoms with van der Waals surface area (Å²) in [5, 5.41) is -1.02. The lowest BCUT2D eigenvalue weighted by Crippen LogP contribution is -2.34. The molecule has 162 valence electrons. The van der Waals surface area contributed by atoms with Gasteiger partial charge in [0.15, 0.2) is 9.84 Å². The molecule has 11 heteroatoms. The zero-order chi connectivity index (χ0) is 21.9. The van der Waals surface area contributed by atoms with Gasteiger partial charge in [0.25, 0.3) is 0 Å². The summed E-state index contributed by atoms with van der Waals surface area (Å²) in [4.78, 5) is 13.8. The number of amides is 1. The molecule has 3 rings (SSSR count). The van der Waals surface area contributed by atoms with Crippen molar-refractivity contribution in [3.8, 4) is 0 Å². The zero-order valence-electron chi connectivity index (χ0n) is 15.8. The second kappa shape index (κ2) is 9.01. The summed E-state index contributed by atoms with van der Waals surface area (Å²) in [7, 11) is -7.50. The van der Waals surface area contributed by atoms with Crippen molar-refractivity contribution in [3.05, 3.63) is 59.4 Å². The number of halogens is 2. The third kappa shape index (κ3) is 5.00. The number of hydrogen-bond acceptors (Lipinski definition) is 5. The molecule has 0 aromatic heterocycles. The molecule has 1 aliphatic heterocycles. The number of carbonyl (C=O) groups excluding carboxylic acids is 1. The van der Waals surface area contributed by atoms with Crippen LogP contribution in [0.5, 0.6) is 0 Å². The molecule has 1 heterocycles. The Labute approximate surface area is 179 Å². The second-order valence-electron chi connectivity index (χ2n) is 6.83. The smallest absolute Gasteiger partial charge is 0.240 e. The zero-order valence-corrected chi connectivity index (χ0v) is 18.2. The van der Waals surface area contributed by atoms with Crippen LogP contribution >= 0.6 is 11.6 Å². The highest BCUT2D eigenvalue weighted by Crippen LogP contribution is 2.24. The lowest BCUT2D eigenvalue weighted by molar-refractivity contribution is -0.129. The number of sulfone groups is 1. The summed E-state index contributed by atoms with van der Waals surface area (Å²) in [5.41, 5.74) is 0. The van der Waals surface area contributed by atoms with Gasteiger partial charge < -0.3 is 4.90 Å². The first-order valence-corrected chi connectivity index (χ1v) is 12.5. The van der Waals surface area contributed by atoms with Crippen LogP contribution in [0.25, 0.3) is 0 Å². The van der Waals surface area contributed by atoms with Crippen LogP contribution in [0.1, 0.15) is 12.8 Å². The van der Waals surface area contributed by atoms with Gasteiger partial charge in [-0.25, -0.2) is 25.9 Å². The molecule has 1 unspecified atom stereocenters. The molecule has 0 saturated carbocycles. The molecule has 1 atom stereocenters. The molecule has 1 N–H and O–H groups in total. The van der Waals surface area contributed by atoms with Gasteiger partial charge in [-0.15, -0.1) is 0 Å². The van der Waals surface area contributed by atoms with Gasteiger partial charge in [-0.3, -0.25) is 4.79 Å². The van der Waals surface area contributed by atoms with Crippen molar-refractivity contribution in [1.82, 2.24) is 9.62 Å². The van der Waals surface area contributed by atoms with Crippen LogP contribution in [0.4, 0.5) is 4.39 Å². The van der Waals surface area contributed by atoms with Crippen LogP contribution in [0, 0.1) is 5.82 Å². The molecule has 30 heavy (non-hydrogen) atoms. The van der Waals surface area contributed by atoms with Gasteiger partial charge in [0.1, 0.15) is 5.82 Å². The first-order valence-electron chi connectivity index (χ1n) is 9.13. The van der Waals surface area contributed by atoms with Crippen molar-refractivity contribution in [2.75, 3.05) is 19.6 Å². The number of hydrogen-bond donors (Lipinski definition) is 1. The van der Waals surface area contributed by atoms with E-state index in [-0.39, 0.29) is 46.8 Å². The fourth-order valence-corrected chi connectivity index (χ4v) is 6.20. The minimum atomic E-state index is -3.96. The Morgan fingerprint density at radius 1 is 1.10 bits per heavy atom. The quantitative estimate of drug-likeness (QED) is 0.663. The molecule has 0 radical (unpaired) electrons. The summed E-state index contributed by atoms with van der Waals surface area (Å²) in [6.45, 7) is 0.176. The van der Waals surface area contributed by atoms with Gasteiger partial charge in [0.05, 0.1) is 20.1 Å². The monoisotopic (exact) mass is 474 g/mol. The van der Waals surface area contributed by atoms with E-state index in [0.29, 0.717) is 6.42 Å². The van der Waals surface area contributed by atoms with Crippen molar-refractivity contribution in [1.29, 1.82) is 0 Å². The summed E-state index contributed by atoms with van der Waals surface area (Å²) >= 11 is 5.61. The minimum absolute atomic E-state index is 0.0659. The maximum atomic E-state index is 13.2. The molecule has 2 aromatic rings. The van der Waals surface area contributed by atoms with E-state index in [4.69, 9.17) is 11.6 Å². The van der Waals surface area contributed by atoms with E-state index in [2.05, 4.69) is 4.72 Å². The van der Waals surface area contributed by atoms with Crippen LogP contribution in [0.15, 0.2) is 58.3 Å². The summed E-state index contributed by atoms with van der Waals surface area (Å²) in [5.74, 6) is -1.08. The van der Waals surface area contributed by atoms with Crippen molar-refractivity contribution in [2.24, 2.45) is 0 Å². The van der Waals surface area contributed by atoms with Crippen molar-refractivity contribution in [2.45, 2.75) is 27.9 Å². The molecule has 0 spiro atoms. The average Bonchev–Trinajstić information content (AvgIpc) is 3.22. The molecule has 1 fully saturated rings. The number of nitrogens with one attached hydrogen (secondary N) is 1. The Morgan fingerprint density at radius 3 is 2.47 bits per heavy atom. The number of likely N-dealkylation sites (tertiary alicyclic amines) is 1. The Kier molecular flexibility index (Phi) is 6.81. The van der Waals surface area contributed by atoms with Crippen LogP contribution in [0.2, 0.25) is 5.02 Å². The van der Waals surface area contributed by atoms with Gasteiger partial charge in [0.2, 0.25) is 15.9 Å². The average molecular weight is 475 g/mol. The van der Waals surface area contributed by atoms with Crippen LogP contribution in [-0.4, -0.2) is 52.5 Å². The molecular formula is C19H20ClFN2O5S2. The highest BCUT2D eigenvalue weighted by Gasteiger charge is 2.35. The highest BCUT2D eigenvalue weighted by molar-refractivity contribution is 7.92. The third-order valence-electron chi connectivity index (χ3n) is 4.84. The predicted octanol–water partition coefficient (Wildman–Crippen LogP) is 2.22. The van der Waals surface area contributed by atoms with Gasteiger partial charge in [-0.1, -0.05) is 29.8 Å². The minimum Gasteiger partial charge on any atom is -0.341 e. The number of rotatable bonds is 7. The van der Waals surface area contributed by atoms with E-state index in [9.17, 15) is 26.0 Å². The van der Waals surface area contributed by atoms with Gasteiger partial charge in [-0.05, 0) is 36.8 Å². The number of sulfonamides is 1. The Morgan fingerprint density at radius 2 is 1.80 bits per heavy atom.